The van der Waals surface area contributed by atoms with E-state index in [1.807, 2.05) is 0 Å². The molecule has 0 saturated heterocycles. The summed E-state index contributed by atoms with van der Waals surface area (Å²) in [6, 6.07) is 49.4. The number of fused-ring (bicyclic) bond motifs is 5. The third-order valence-electron chi connectivity index (χ3n) is 15.1. The maximum atomic E-state index is 2.64. The Balaban J connectivity index is 1.09. The van der Waals surface area contributed by atoms with Gasteiger partial charge >= 0.3 is 0 Å². The highest BCUT2D eigenvalue weighted by Crippen LogP contribution is 2.69. The molecule has 4 bridgehead atoms. The van der Waals surface area contributed by atoms with Crippen LogP contribution in [0.25, 0.3) is 33.0 Å². The molecular weight excluding hydrogens is 639 g/mol. The molecule has 6 aromatic carbocycles. The zero-order chi connectivity index (χ0) is 35.7. The lowest BCUT2D eigenvalue weighted by Gasteiger charge is -2.61. The molecule has 4 saturated carbocycles. The Hall–Kier alpha value is -4.62. The van der Waals surface area contributed by atoms with Crippen molar-refractivity contribution in [1.29, 1.82) is 0 Å². The molecule has 0 amide bonds. The Morgan fingerprint density at radius 2 is 1.09 bits per heavy atom. The lowest BCUT2D eigenvalue weighted by Crippen LogP contribution is -2.55. The van der Waals surface area contributed by atoms with Crippen molar-refractivity contribution in [1.82, 2.24) is 0 Å². The van der Waals surface area contributed by atoms with Gasteiger partial charge in [-0.1, -0.05) is 125 Å². The van der Waals surface area contributed by atoms with E-state index >= 15 is 0 Å². The molecule has 6 aromatic rings. The predicted molar refractivity (Wildman–Crippen MR) is 223 cm³/mol. The van der Waals surface area contributed by atoms with Gasteiger partial charge in [-0.15, -0.1) is 0 Å². The summed E-state index contributed by atoms with van der Waals surface area (Å²) in [5, 5.41) is 2.56. The highest BCUT2D eigenvalue weighted by atomic mass is 15.1. The average Bonchev–Trinajstić information content (AvgIpc) is 3.46. The zero-order valence-electron chi connectivity index (χ0n) is 31.8. The van der Waals surface area contributed by atoms with Gasteiger partial charge in [-0.05, 0) is 160 Å². The Kier molecular flexibility index (Phi) is 6.74. The summed E-state index contributed by atoms with van der Waals surface area (Å²) in [4.78, 5) is 2.56. The van der Waals surface area contributed by atoms with Crippen LogP contribution in [-0.2, 0) is 16.2 Å². The Bertz CT molecular complexity index is 2390. The van der Waals surface area contributed by atoms with Crippen LogP contribution in [0.4, 0.5) is 17.1 Å². The maximum absolute atomic E-state index is 2.64. The largest absolute Gasteiger partial charge is 0.310 e. The quantitative estimate of drug-likeness (QED) is 0.178. The van der Waals surface area contributed by atoms with Gasteiger partial charge in [0.2, 0.25) is 0 Å². The second-order valence-electron chi connectivity index (χ2n) is 18.8. The Labute approximate surface area is 316 Å². The molecule has 53 heavy (non-hydrogen) atoms. The van der Waals surface area contributed by atoms with Gasteiger partial charge < -0.3 is 4.90 Å². The highest BCUT2D eigenvalue weighted by Gasteiger charge is 2.61. The van der Waals surface area contributed by atoms with Gasteiger partial charge in [-0.25, -0.2) is 0 Å². The van der Waals surface area contributed by atoms with Gasteiger partial charge in [0.15, 0.2) is 0 Å². The molecule has 1 nitrogen and oxygen atoms in total. The molecule has 4 fully saturated rings. The monoisotopic (exact) mass is 689 g/mol. The number of nitrogens with zero attached hydrogens (tertiary/aromatic N) is 1. The first-order valence-corrected chi connectivity index (χ1v) is 20.5. The first kappa shape index (κ1) is 31.9. The minimum atomic E-state index is 0.136. The molecule has 0 aromatic heterocycles. The van der Waals surface area contributed by atoms with E-state index in [9.17, 15) is 0 Å². The van der Waals surface area contributed by atoms with Crippen molar-refractivity contribution >= 4 is 27.8 Å². The van der Waals surface area contributed by atoms with Gasteiger partial charge in [-0.3, -0.25) is 0 Å². The van der Waals surface area contributed by atoms with Crippen LogP contribution in [0.5, 0.6) is 0 Å². The van der Waals surface area contributed by atoms with Gasteiger partial charge in [-0.2, -0.15) is 0 Å². The van der Waals surface area contributed by atoms with Crippen LogP contribution >= 0.6 is 0 Å². The van der Waals surface area contributed by atoms with E-state index in [0.717, 1.165) is 23.7 Å². The van der Waals surface area contributed by atoms with Crippen LogP contribution in [-0.4, -0.2) is 0 Å². The smallest absolute Gasteiger partial charge is 0.0540 e. The molecule has 0 radical (unpaired) electrons. The number of rotatable bonds is 4. The fourth-order valence-electron chi connectivity index (χ4n) is 12.9. The normalized spacial score (nSPS) is 26.7. The van der Waals surface area contributed by atoms with E-state index in [1.165, 1.54) is 106 Å². The summed E-state index contributed by atoms with van der Waals surface area (Å²) < 4.78 is 0. The lowest BCUT2D eigenvalue weighted by atomic mass is 9.43. The van der Waals surface area contributed by atoms with E-state index in [4.69, 9.17) is 0 Å². The molecule has 1 spiro atoms. The molecule has 6 aliphatic carbocycles. The minimum Gasteiger partial charge on any atom is -0.310 e. The molecule has 264 valence electrons. The third kappa shape index (κ3) is 4.49. The lowest BCUT2D eigenvalue weighted by molar-refractivity contribution is -0.0399. The van der Waals surface area contributed by atoms with Gasteiger partial charge in [0.05, 0.1) is 5.69 Å². The number of benzene rings is 6. The summed E-state index contributed by atoms with van der Waals surface area (Å²) >= 11 is 0. The number of hydrogen-bond donors (Lipinski definition) is 0. The van der Waals surface area contributed by atoms with Crippen molar-refractivity contribution in [2.24, 2.45) is 23.7 Å². The summed E-state index contributed by atoms with van der Waals surface area (Å²) in [7, 11) is 0. The Morgan fingerprint density at radius 1 is 0.491 bits per heavy atom. The van der Waals surface area contributed by atoms with Crippen LogP contribution in [0.15, 0.2) is 127 Å². The summed E-state index contributed by atoms with van der Waals surface area (Å²) in [6.45, 7) is 9.75. The van der Waals surface area contributed by atoms with Gasteiger partial charge in [0.1, 0.15) is 0 Å². The van der Waals surface area contributed by atoms with Crippen molar-refractivity contribution in [3.8, 4) is 22.3 Å². The second kappa shape index (κ2) is 11.2. The first-order valence-electron chi connectivity index (χ1n) is 20.5. The predicted octanol–water partition coefficient (Wildman–Crippen LogP) is 14.0. The molecule has 1 heteroatoms. The minimum absolute atomic E-state index is 0.136. The van der Waals surface area contributed by atoms with E-state index < -0.39 is 0 Å². The summed E-state index contributed by atoms with van der Waals surface area (Å²) in [5.74, 6) is 3.35. The standard InChI is InChI=1S/C52H51N/c1-50(2)25-26-51(3,4)49-42(15-10-17-46(49)50)36-19-21-39(22-20-36)53(48-18-9-12-35-11-5-6-13-41(35)48)40-23-24-44-43-14-7-8-16-45(43)52(47(44)32-40)37-28-33-27-34(30-37)31-38(52)29-33/h5-24,32-34,37-38H,25-31H2,1-4H3. The maximum Gasteiger partial charge on any atom is 0.0540 e. The molecule has 0 N–H and O–H groups in total. The summed E-state index contributed by atoms with van der Waals surface area (Å²) in [5.41, 5.74) is 16.1. The molecule has 12 rings (SSSR count). The fraction of sp³-hybridized carbons (Fsp3) is 0.346. The van der Waals surface area contributed by atoms with E-state index in [-0.39, 0.29) is 16.2 Å². The third-order valence-corrected chi connectivity index (χ3v) is 15.1. The summed E-state index contributed by atoms with van der Waals surface area (Å²) in [6.07, 6.45) is 9.51. The SMILES string of the molecule is CC1(C)CCC(C)(C)c2c(-c3ccc(N(c4ccc5c(c4)C4(c6ccccc6-5)C5CC6CC(C5)CC4C6)c4cccc5ccccc45)cc3)cccc21. The molecule has 0 heterocycles. The van der Waals surface area contributed by atoms with Gasteiger partial charge in [0, 0.05) is 22.2 Å². The first-order chi connectivity index (χ1) is 25.7. The topological polar surface area (TPSA) is 3.24 Å². The van der Waals surface area contributed by atoms with E-state index in [0.29, 0.717) is 0 Å². The van der Waals surface area contributed by atoms with Crippen LogP contribution in [0.3, 0.4) is 0 Å². The van der Waals surface area contributed by atoms with Crippen LogP contribution in [0.2, 0.25) is 0 Å². The molecule has 0 aliphatic heterocycles. The second-order valence-corrected chi connectivity index (χ2v) is 18.8. The van der Waals surface area contributed by atoms with Crippen molar-refractivity contribution < 1.29 is 0 Å². The van der Waals surface area contributed by atoms with Crippen molar-refractivity contribution in [2.75, 3.05) is 4.90 Å². The van der Waals surface area contributed by atoms with Crippen LogP contribution in [0.1, 0.15) is 94.9 Å². The van der Waals surface area contributed by atoms with Crippen LogP contribution in [0, 0.1) is 23.7 Å². The average molecular weight is 690 g/mol. The van der Waals surface area contributed by atoms with Crippen molar-refractivity contribution in [2.45, 2.75) is 88.9 Å². The van der Waals surface area contributed by atoms with Gasteiger partial charge in [0.25, 0.3) is 0 Å². The number of anilines is 3. The molecule has 0 unspecified atom stereocenters. The highest BCUT2D eigenvalue weighted by molar-refractivity contribution is 5.99. The van der Waals surface area contributed by atoms with E-state index in [2.05, 4.69) is 160 Å². The number of hydrogen-bond acceptors (Lipinski definition) is 1. The fourth-order valence-corrected chi connectivity index (χ4v) is 12.9. The molecule has 6 aliphatic rings. The van der Waals surface area contributed by atoms with Crippen LogP contribution < -0.4 is 4.90 Å². The molecular formula is C52H51N. The van der Waals surface area contributed by atoms with E-state index in [1.54, 1.807) is 11.1 Å². The van der Waals surface area contributed by atoms with Crippen molar-refractivity contribution in [3.05, 3.63) is 150 Å². The van der Waals surface area contributed by atoms with Crippen molar-refractivity contribution in [3.63, 3.8) is 0 Å². The zero-order valence-corrected chi connectivity index (χ0v) is 31.8. The molecule has 0 atom stereocenters. The Morgan fingerprint density at radius 3 is 1.89 bits per heavy atom.